The summed E-state index contributed by atoms with van der Waals surface area (Å²) in [7, 11) is 3.59. The standard InChI is InChI=1S/C20H25N3O3S2/c1-16(24)14-19(27)20(15-26-18-7-5-4-6-17(18)25-3)23(12-13-28-20)22-10-8-21(2)9-11-22/h4-11H,12-15H2,1-3H3. The van der Waals surface area contributed by atoms with Gasteiger partial charge in [0.05, 0.1) is 7.11 Å². The predicted molar refractivity (Wildman–Crippen MR) is 116 cm³/mol. The van der Waals surface area contributed by atoms with Gasteiger partial charge in [-0.25, -0.2) is 0 Å². The van der Waals surface area contributed by atoms with Crippen LogP contribution in [0.2, 0.25) is 0 Å². The van der Waals surface area contributed by atoms with Crippen molar-refractivity contribution in [2.45, 2.75) is 18.2 Å². The molecule has 0 radical (unpaired) electrons. The molecule has 0 N–H and O–H groups in total. The minimum Gasteiger partial charge on any atom is -0.493 e. The smallest absolute Gasteiger partial charge is 0.161 e. The second-order valence-electron chi connectivity index (χ2n) is 6.64. The van der Waals surface area contributed by atoms with E-state index in [0.717, 1.165) is 12.3 Å². The van der Waals surface area contributed by atoms with Gasteiger partial charge in [0.25, 0.3) is 0 Å². The molecule has 6 nitrogen and oxygen atoms in total. The monoisotopic (exact) mass is 419 g/mol. The predicted octanol–water partition coefficient (Wildman–Crippen LogP) is 3.27. The molecular weight excluding hydrogens is 394 g/mol. The van der Waals surface area contributed by atoms with Crippen molar-refractivity contribution >= 4 is 34.6 Å². The van der Waals surface area contributed by atoms with Crippen molar-refractivity contribution in [1.82, 2.24) is 14.9 Å². The van der Waals surface area contributed by atoms with Crippen LogP contribution in [0.5, 0.6) is 11.5 Å². The average Bonchev–Trinajstić information content (AvgIpc) is 3.12. The van der Waals surface area contributed by atoms with E-state index in [9.17, 15) is 4.79 Å². The number of ether oxygens (including phenoxy) is 2. The van der Waals surface area contributed by atoms with Gasteiger partial charge in [0.1, 0.15) is 12.4 Å². The SMILES string of the molecule is COc1ccccc1OCC1(C(=S)CC(C)=O)SCCN1N1C=CN(C)C=C1. The summed E-state index contributed by atoms with van der Waals surface area (Å²) in [5, 5.41) is 4.20. The first-order valence-electron chi connectivity index (χ1n) is 9.03. The zero-order valence-corrected chi connectivity index (χ0v) is 18.0. The number of carbonyl (C=O) groups is 1. The van der Waals surface area contributed by atoms with Gasteiger partial charge in [-0.2, -0.15) is 5.01 Å². The van der Waals surface area contributed by atoms with Crippen molar-refractivity contribution in [2.75, 3.05) is 33.1 Å². The highest BCUT2D eigenvalue weighted by Gasteiger charge is 2.48. The Morgan fingerprint density at radius 1 is 1.21 bits per heavy atom. The Morgan fingerprint density at radius 3 is 2.54 bits per heavy atom. The fourth-order valence-electron chi connectivity index (χ4n) is 3.16. The summed E-state index contributed by atoms with van der Waals surface area (Å²) < 4.78 is 11.6. The third kappa shape index (κ3) is 4.34. The van der Waals surface area contributed by atoms with Crippen LogP contribution in [0.25, 0.3) is 0 Å². The van der Waals surface area contributed by atoms with Crippen molar-refractivity contribution in [3.8, 4) is 11.5 Å². The molecule has 0 aliphatic carbocycles. The van der Waals surface area contributed by atoms with E-state index in [1.165, 1.54) is 0 Å². The lowest BCUT2D eigenvalue weighted by molar-refractivity contribution is -0.116. The first-order valence-corrected chi connectivity index (χ1v) is 10.4. The normalized spacial score (nSPS) is 21.8. The molecule has 3 rings (SSSR count). The maximum atomic E-state index is 11.8. The topological polar surface area (TPSA) is 45.3 Å². The minimum atomic E-state index is -0.619. The van der Waals surface area contributed by atoms with Gasteiger partial charge in [0, 0.05) is 55.4 Å². The number of hydrazine groups is 1. The Bertz CT molecular complexity index is 785. The third-order valence-electron chi connectivity index (χ3n) is 4.59. The molecule has 0 saturated carbocycles. The van der Waals surface area contributed by atoms with Crippen LogP contribution < -0.4 is 9.47 Å². The first kappa shape index (κ1) is 20.7. The maximum absolute atomic E-state index is 11.8. The summed E-state index contributed by atoms with van der Waals surface area (Å²) in [5.41, 5.74) is 0. The van der Waals surface area contributed by atoms with Gasteiger partial charge >= 0.3 is 0 Å². The van der Waals surface area contributed by atoms with Crippen LogP contribution in [0, 0.1) is 0 Å². The number of nitrogens with zero attached hydrogens (tertiary/aromatic N) is 3. The van der Waals surface area contributed by atoms with Crippen molar-refractivity contribution in [2.24, 2.45) is 0 Å². The van der Waals surface area contributed by atoms with E-state index in [4.69, 9.17) is 21.7 Å². The highest BCUT2D eigenvalue weighted by Crippen LogP contribution is 2.41. The summed E-state index contributed by atoms with van der Waals surface area (Å²) in [6.07, 6.45) is 8.17. The third-order valence-corrected chi connectivity index (χ3v) is 6.64. The number of rotatable bonds is 8. The zero-order valence-electron chi connectivity index (χ0n) is 16.3. The summed E-state index contributed by atoms with van der Waals surface area (Å²) in [5.74, 6) is 2.27. The summed E-state index contributed by atoms with van der Waals surface area (Å²) >= 11 is 7.49. The van der Waals surface area contributed by atoms with Crippen LogP contribution in [0.3, 0.4) is 0 Å². The van der Waals surface area contributed by atoms with Crippen LogP contribution in [0.1, 0.15) is 13.3 Å². The molecule has 150 valence electrons. The molecule has 0 spiro atoms. The van der Waals surface area contributed by atoms with Crippen LogP contribution >= 0.6 is 24.0 Å². The summed E-state index contributed by atoms with van der Waals surface area (Å²) in [6.45, 7) is 2.69. The van der Waals surface area contributed by atoms with Crippen LogP contribution in [-0.2, 0) is 4.79 Å². The summed E-state index contributed by atoms with van der Waals surface area (Å²) in [6, 6.07) is 7.55. The number of hydrogen-bond donors (Lipinski definition) is 0. The van der Waals surface area contributed by atoms with Crippen molar-refractivity contribution in [3.63, 3.8) is 0 Å². The second-order valence-corrected chi connectivity index (χ2v) is 8.50. The number of methoxy groups -OCH3 is 1. The average molecular weight is 420 g/mol. The molecule has 1 aromatic rings. The van der Waals surface area contributed by atoms with Crippen molar-refractivity contribution in [1.29, 1.82) is 0 Å². The Morgan fingerprint density at radius 2 is 1.89 bits per heavy atom. The van der Waals surface area contributed by atoms with Gasteiger partial charge in [-0.05, 0) is 19.1 Å². The van der Waals surface area contributed by atoms with Crippen molar-refractivity contribution < 1.29 is 14.3 Å². The Kier molecular flexibility index (Phi) is 6.64. The van der Waals surface area contributed by atoms with Gasteiger partial charge < -0.3 is 14.4 Å². The van der Waals surface area contributed by atoms with Gasteiger partial charge in [-0.1, -0.05) is 24.4 Å². The molecule has 28 heavy (non-hydrogen) atoms. The molecule has 2 aliphatic heterocycles. The van der Waals surface area contributed by atoms with Crippen molar-refractivity contribution in [3.05, 3.63) is 49.1 Å². The number of hydrogen-bond acceptors (Lipinski definition) is 8. The van der Waals surface area contributed by atoms with E-state index in [1.807, 2.05) is 66.0 Å². The number of carbonyl (C=O) groups excluding carboxylic acids is 1. The number of Topliss-reactive ketones (excluding diaryl/α,β-unsaturated/α-hetero) is 1. The minimum absolute atomic E-state index is 0.0542. The molecule has 2 aliphatic rings. The van der Waals surface area contributed by atoms with E-state index >= 15 is 0 Å². The first-order chi connectivity index (χ1) is 13.5. The van der Waals surface area contributed by atoms with Crippen LogP contribution in [0.15, 0.2) is 49.1 Å². The van der Waals surface area contributed by atoms with Gasteiger partial charge in [0.2, 0.25) is 0 Å². The Labute approximate surface area is 175 Å². The Balaban J connectivity index is 1.89. The molecule has 1 saturated heterocycles. The fourth-order valence-corrected chi connectivity index (χ4v) is 5.02. The highest BCUT2D eigenvalue weighted by molar-refractivity contribution is 8.02. The lowest BCUT2D eigenvalue weighted by Crippen LogP contribution is -2.57. The molecule has 2 heterocycles. The lowest BCUT2D eigenvalue weighted by atomic mass is 10.1. The van der Waals surface area contributed by atoms with E-state index in [2.05, 4.69) is 5.01 Å². The highest BCUT2D eigenvalue weighted by atomic mass is 32.2. The molecule has 1 atom stereocenters. The van der Waals surface area contributed by atoms with Gasteiger partial charge in [-0.3, -0.25) is 9.80 Å². The molecule has 0 amide bonds. The molecule has 8 heteroatoms. The molecule has 1 aromatic carbocycles. The van der Waals surface area contributed by atoms with E-state index < -0.39 is 4.87 Å². The van der Waals surface area contributed by atoms with Gasteiger partial charge in [0.15, 0.2) is 16.4 Å². The van der Waals surface area contributed by atoms with E-state index in [0.29, 0.717) is 23.0 Å². The number of thiocarbonyl (C=S) groups is 1. The van der Waals surface area contributed by atoms with Crippen LogP contribution in [0.4, 0.5) is 0 Å². The molecule has 0 aromatic heterocycles. The molecule has 1 unspecified atom stereocenters. The fraction of sp³-hybridized carbons (Fsp3) is 0.400. The quantitative estimate of drug-likeness (QED) is 0.595. The molecule has 0 bridgehead atoms. The molecule has 1 fully saturated rings. The zero-order chi connectivity index (χ0) is 20.1. The number of benzene rings is 1. The molecular formula is C20H25N3O3S2. The largest absolute Gasteiger partial charge is 0.493 e. The second kappa shape index (κ2) is 8.98. The Hall–Kier alpha value is -2.03. The van der Waals surface area contributed by atoms with Gasteiger partial charge in [-0.15, -0.1) is 11.8 Å². The lowest BCUT2D eigenvalue weighted by Gasteiger charge is -2.43. The summed E-state index contributed by atoms with van der Waals surface area (Å²) in [4.78, 5) is 13.9. The van der Waals surface area contributed by atoms with Crippen LogP contribution in [-0.4, -0.2) is 63.5 Å². The van der Waals surface area contributed by atoms with E-state index in [1.54, 1.807) is 25.8 Å². The number of para-hydroxylation sites is 2. The maximum Gasteiger partial charge on any atom is 0.161 e. The number of thioether (sulfide) groups is 1. The van der Waals surface area contributed by atoms with E-state index in [-0.39, 0.29) is 12.2 Å². The number of ketones is 1.